The Balaban J connectivity index is 2.41. The lowest BCUT2D eigenvalue weighted by atomic mass is 9.85. The number of benzene rings is 1. The molecule has 0 N–H and O–H groups in total. The smallest absolute Gasteiger partial charge is 0.157 e. The maximum Gasteiger partial charge on any atom is 0.157 e. The first-order valence-electron chi connectivity index (χ1n) is 6.61. The van der Waals surface area contributed by atoms with Gasteiger partial charge in [-0.2, -0.15) is 0 Å². The number of hydrogen-bond donors (Lipinski definition) is 0. The van der Waals surface area contributed by atoms with Gasteiger partial charge in [0.05, 0.1) is 11.5 Å². The highest BCUT2D eigenvalue weighted by molar-refractivity contribution is 7.90. The van der Waals surface area contributed by atoms with E-state index in [0.29, 0.717) is 6.54 Å². The van der Waals surface area contributed by atoms with E-state index in [-0.39, 0.29) is 16.9 Å². The Kier molecular flexibility index (Phi) is 2.58. The topological polar surface area (TPSA) is 39.1 Å². The normalized spacial score (nSPS) is 18.5. The molecule has 0 amide bonds. The zero-order valence-electron chi connectivity index (χ0n) is 11.6. The van der Waals surface area contributed by atoms with Gasteiger partial charge in [-0.05, 0) is 17.0 Å². The van der Waals surface area contributed by atoms with Crippen LogP contribution in [0.2, 0.25) is 0 Å². The van der Waals surface area contributed by atoms with Gasteiger partial charge in [0.15, 0.2) is 9.84 Å². The van der Waals surface area contributed by atoms with Crippen LogP contribution in [-0.4, -0.2) is 18.7 Å². The SMILES string of the molecule is CC(C)(C)c1c2n(c3ccccc13)CCS(=O)(=O)C2. The summed E-state index contributed by atoms with van der Waals surface area (Å²) in [5.74, 6) is 0.427. The average Bonchev–Trinajstić information content (AvgIpc) is 2.59. The van der Waals surface area contributed by atoms with Gasteiger partial charge in [0.1, 0.15) is 0 Å². The number of fused-ring (bicyclic) bond motifs is 3. The Morgan fingerprint density at radius 3 is 2.53 bits per heavy atom. The Morgan fingerprint density at radius 1 is 1.16 bits per heavy atom. The lowest BCUT2D eigenvalue weighted by Crippen LogP contribution is -2.26. The third-order valence-corrected chi connectivity index (χ3v) is 5.33. The summed E-state index contributed by atoms with van der Waals surface area (Å²) >= 11 is 0. The molecule has 1 aliphatic rings. The quantitative estimate of drug-likeness (QED) is 0.742. The number of aryl methyl sites for hydroxylation is 1. The molecule has 19 heavy (non-hydrogen) atoms. The molecule has 0 aliphatic carbocycles. The van der Waals surface area contributed by atoms with Crippen molar-refractivity contribution in [1.29, 1.82) is 0 Å². The van der Waals surface area contributed by atoms with Crippen molar-refractivity contribution in [2.24, 2.45) is 0 Å². The highest BCUT2D eigenvalue weighted by Crippen LogP contribution is 2.37. The monoisotopic (exact) mass is 277 g/mol. The second kappa shape index (κ2) is 3.85. The molecule has 4 heteroatoms. The molecule has 0 fully saturated rings. The highest BCUT2D eigenvalue weighted by Gasteiger charge is 2.31. The molecule has 0 radical (unpaired) electrons. The van der Waals surface area contributed by atoms with Gasteiger partial charge in [-0.3, -0.25) is 0 Å². The molecule has 3 rings (SSSR count). The Bertz CT molecular complexity index is 748. The number of aromatic nitrogens is 1. The molecule has 0 saturated heterocycles. The van der Waals surface area contributed by atoms with Crippen LogP contribution in [0, 0.1) is 0 Å². The van der Waals surface area contributed by atoms with Crippen molar-refractivity contribution in [3.8, 4) is 0 Å². The fraction of sp³-hybridized carbons (Fsp3) is 0.467. The summed E-state index contributed by atoms with van der Waals surface area (Å²) in [6, 6.07) is 8.24. The molecular formula is C15H19NO2S. The standard InChI is InChI=1S/C15H19NO2S/c1-15(2,3)14-11-6-4-5-7-12(11)16-8-9-19(17,18)10-13(14)16/h4-7H,8-10H2,1-3H3. The van der Waals surface area contributed by atoms with E-state index in [9.17, 15) is 8.42 Å². The van der Waals surface area contributed by atoms with E-state index < -0.39 is 9.84 Å². The van der Waals surface area contributed by atoms with E-state index in [1.807, 2.05) is 12.1 Å². The molecule has 0 bridgehead atoms. The van der Waals surface area contributed by atoms with Gasteiger partial charge in [-0.25, -0.2) is 8.42 Å². The molecule has 0 saturated carbocycles. The maximum atomic E-state index is 12.0. The summed E-state index contributed by atoms with van der Waals surface area (Å²) in [4.78, 5) is 0. The Morgan fingerprint density at radius 2 is 1.84 bits per heavy atom. The number of para-hydroxylation sites is 1. The van der Waals surface area contributed by atoms with Crippen LogP contribution < -0.4 is 0 Å². The molecule has 102 valence electrons. The molecule has 1 aliphatic heterocycles. The van der Waals surface area contributed by atoms with Crippen LogP contribution in [0.4, 0.5) is 0 Å². The first-order valence-corrected chi connectivity index (χ1v) is 8.43. The molecule has 2 aromatic rings. The van der Waals surface area contributed by atoms with E-state index >= 15 is 0 Å². The third kappa shape index (κ3) is 1.98. The lowest BCUT2D eigenvalue weighted by Gasteiger charge is -2.24. The molecule has 1 aromatic heterocycles. The minimum Gasteiger partial charge on any atom is -0.342 e. The summed E-state index contributed by atoms with van der Waals surface area (Å²) in [6.07, 6.45) is 0. The summed E-state index contributed by atoms with van der Waals surface area (Å²) < 4.78 is 26.1. The van der Waals surface area contributed by atoms with Crippen molar-refractivity contribution < 1.29 is 8.42 Å². The fourth-order valence-corrected chi connectivity index (χ4v) is 4.43. The van der Waals surface area contributed by atoms with Crippen LogP contribution >= 0.6 is 0 Å². The van der Waals surface area contributed by atoms with Crippen molar-refractivity contribution in [2.75, 3.05) is 5.75 Å². The zero-order chi connectivity index (χ0) is 13.8. The third-order valence-electron chi connectivity index (χ3n) is 3.81. The van der Waals surface area contributed by atoms with Crippen LogP contribution in [0.3, 0.4) is 0 Å². The molecule has 0 atom stereocenters. The van der Waals surface area contributed by atoms with Gasteiger partial charge in [0, 0.05) is 23.1 Å². The summed E-state index contributed by atoms with van der Waals surface area (Å²) in [6.45, 7) is 7.03. The van der Waals surface area contributed by atoms with Crippen molar-refractivity contribution in [2.45, 2.75) is 38.5 Å². The molecule has 2 heterocycles. The maximum absolute atomic E-state index is 12.0. The van der Waals surface area contributed by atoms with Gasteiger partial charge in [0.25, 0.3) is 0 Å². The zero-order valence-corrected chi connectivity index (χ0v) is 12.4. The summed E-state index contributed by atoms with van der Waals surface area (Å²) in [5.41, 5.74) is 3.29. The number of sulfone groups is 1. The van der Waals surface area contributed by atoms with Crippen molar-refractivity contribution in [3.63, 3.8) is 0 Å². The number of rotatable bonds is 0. The van der Waals surface area contributed by atoms with Crippen LogP contribution in [0.5, 0.6) is 0 Å². The predicted molar refractivity (Wildman–Crippen MR) is 78.1 cm³/mol. The molecular weight excluding hydrogens is 258 g/mol. The van der Waals surface area contributed by atoms with E-state index in [2.05, 4.69) is 37.5 Å². The van der Waals surface area contributed by atoms with Crippen molar-refractivity contribution >= 4 is 20.7 Å². The van der Waals surface area contributed by atoms with Crippen molar-refractivity contribution in [1.82, 2.24) is 4.57 Å². The second-order valence-electron chi connectivity index (χ2n) is 6.33. The lowest BCUT2D eigenvalue weighted by molar-refractivity contribution is 0.560. The van der Waals surface area contributed by atoms with Gasteiger partial charge >= 0.3 is 0 Å². The molecule has 1 aromatic carbocycles. The fourth-order valence-electron chi connectivity index (χ4n) is 3.11. The van der Waals surface area contributed by atoms with E-state index in [1.165, 1.54) is 10.9 Å². The van der Waals surface area contributed by atoms with E-state index in [4.69, 9.17) is 0 Å². The van der Waals surface area contributed by atoms with Crippen molar-refractivity contribution in [3.05, 3.63) is 35.5 Å². The molecule has 3 nitrogen and oxygen atoms in total. The van der Waals surface area contributed by atoms with E-state index in [0.717, 1.165) is 11.2 Å². The van der Waals surface area contributed by atoms with Gasteiger partial charge < -0.3 is 4.57 Å². The van der Waals surface area contributed by atoms with Gasteiger partial charge in [-0.1, -0.05) is 39.0 Å². The minimum atomic E-state index is -2.95. The second-order valence-corrected chi connectivity index (χ2v) is 8.52. The molecule has 0 spiro atoms. The Labute approximate surface area is 114 Å². The molecule has 0 unspecified atom stereocenters. The average molecular weight is 277 g/mol. The van der Waals surface area contributed by atoms with Crippen LogP contribution in [0.15, 0.2) is 24.3 Å². The summed E-state index contributed by atoms with van der Waals surface area (Å²) in [7, 11) is -2.95. The first kappa shape index (κ1) is 12.7. The predicted octanol–water partition coefficient (Wildman–Crippen LogP) is 2.87. The highest BCUT2D eigenvalue weighted by atomic mass is 32.2. The minimum absolute atomic E-state index is 0.0486. The first-order chi connectivity index (χ1) is 8.80. The van der Waals surface area contributed by atoms with Gasteiger partial charge in [0.2, 0.25) is 0 Å². The van der Waals surface area contributed by atoms with Crippen LogP contribution in [-0.2, 0) is 27.5 Å². The van der Waals surface area contributed by atoms with Gasteiger partial charge in [-0.15, -0.1) is 0 Å². The Hall–Kier alpha value is -1.29. The number of hydrogen-bond acceptors (Lipinski definition) is 2. The number of nitrogens with zero attached hydrogens (tertiary/aromatic N) is 1. The van der Waals surface area contributed by atoms with Crippen LogP contribution in [0.1, 0.15) is 32.0 Å². The van der Waals surface area contributed by atoms with E-state index in [1.54, 1.807) is 0 Å². The summed E-state index contributed by atoms with van der Waals surface area (Å²) in [5, 5.41) is 1.20. The largest absolute Gasteiger partial charge is 0.342 e. The van der Waals surface area contributed by atoms with Crippen LogP contribution in [0.25, 0.3) is 10.9 Å².